The van der Waals surface area contributed by atoms with Crippen LogP contribution in [0.4, 0.5) is 0 Å². The van der Waals surface area contributed by atoms with Crippen LogP contribution in [-0.2, 0) is 0 Å². The van der Waals surface area contributed by atoms with E-state index in [9.17, 15) is 0 Å². The van der Waals surface area contributed by atoms with E-state index < -0.39 is 0 Å². The van der Waals surface area contributed by atoms with E-state index in [0.29, 0.717) is 0 Å². The Morgan fingerprint density at radius 3 is 1.93 bits per heavy atom. The monoisotopic (exact) mass is 391 g/mol. The molecule has 3 heteroatoms. The molecule has 0 saturated heterocycles. The summed E-state index contributed by atoms with van der Waals surface area (Å²) in [5.41, 5.74) is 4.20. The predicted molar refractivity (Wildman–Crippen MR) is 120 cm³/mol. The van der Waals surface area contributed by atoms with Crippen molar-refractivity contribution in [2.24, 2.45) is 0 Å². The fraction of sp³-hybridized carbons (Fsp3) is 0.200. The third kappa shape index (κ3) is 5.48. The minimum atomic E-state index is 0.729. The van der Waals surface area contributed by atoms with Crippen LogP contribution in [0, 0.1) is 0 Å². The van der Waals surface area contributed by atoms with Crippen LogP contribution in [0.5, 0.6) is 5.75 Å². The van der Waals surface area contributed by atoms with Crippen molar-refractivity contribution in [3.8, 4) is 5.75 Å². The quantitative estimate of drug-likeness (QED) is 0.345. The van der Waals surface area contributed by atoms with Gasteiger partial charge in [0.2, 0.25) is 0 Å². The number of benzene rings is 3. The number of ether oxygens (including phenoxy) is 1. The van der Waals surface area contributed by atoms with Gasteiger partial charge in [0.25, 0.3) is 0 Å². The van der Waals surface area contributed by atoms with Gasteiger partial charge in [-0.3, -0.25) is 0 Å². The first-order chi connectivity index (χ1) is 13.8. The molecular weight excluding hydrogens is 366 g/mol. The van der Waals surface area contributed by atoms with Crippen LogP contribution in [0.3, 0.4) is 0 Å². The van der Waals surface area contributed by atoms with E-state index in [1.165, 1.54) is 0 Å². The standard InChI is InChI=1S/C25H26ClNO/c1-27-18-8-9-19-28-23-16-14-21(15-17-23)24(20-10-4-2-5-11-20)25(26)22-12-6-3-7-13-22/h2-7,10-17,27H,8-9,18-19H2,1H3/b25-24+. The molecule has 144 valence electrons. The second kappa shape index (κ2) is 10.7. The topological polar surface area (TPSA) is 21.3 Å². The fourth-order valence-corrected chi connectivity index (χ4v) is 3.41. The molecular formula is C25H26ClNO. The molecule has 0 aliphatic rings. The summed E-state index contributed by atoms with van der Waals surface area (Å²) >= 11 is 6.86. The third-order valence-corrected chi connectivity index (χ3v) is 4.95. The Hall–Kier alpha value is -2.55. The second-order valence-corrected chi connectivity index (χ2v) is 6.98. The van der Waals surface area contributed by atoms with Crippen molar-refractivity contribution in [1.82, 2.24) is 5.32 Å². The molecule has 0 aliphatic heterocycles. The zero-order valence-corrected chi connectivity index (χ0v) is 17.0. The Morgan fingerprint density at radius 1 is 0.750 bits per heavy atom. The van der Waals surface area contributed by atoms with Crippen LogP contribution in [0.15, 0.2) is 84.9 Å². The summed E-state index contributed by atoms with van der Waals surface area (Å²) in [4.78, 5) is 0. The molecule has 1 N–H and O–H groups in total. The maximum Gasteiger partial charge on any atom is 0.119 e. The first-order valence-electron chi connectivity index (χ1n) is 9.68. The summed E-state index contributed by atoms with van der Waals surface area (Å²) < 4.78 is 5.86. The summed E-state index contributed by atoms with van der Waals surface area (Å²) in [5.74, 6) is 0.886. The minimum absolute atomic E-state index is 0.729. The smallest absolute Gasteiger partial charge is 0.119 e. The van der Waals surface area contributed by atoms with Crippen LogP contribution in [0.25, 0.3) is 10.6 Å². The van der Waals surface area contributed by atoms with Crippen LogP contribution in [0.2, 0.25) is 0 Å². The Morgan fingerprint density at radius 2 is 1.32 bits per heavy atom. The van der Waals surface area contributed by atoms with Crippen molar-refractivity contribution in [3.05, 3.63) is 102 Å². The van der Waals surface area contributed by atoms with Gasteiger partial charge in [-0.1, -0.05) is 84.4 Å². The zero-order valence-electron chi connectivity index (χ0n) is 16.2. The van der Waals surface area contributed by atoms with Gasteiger partial charge in [-0.05, 0) is 55.3 Å². The molecule has 0 saturated carbocycles. The van der Waals surface area contributed by atoms with Gasteiger partial charge >= 0.3 is 0 Å². The molecule has 3 aromatic rings. The summed E-state index contributed by atoms with van der Waals surface area (Å²) in [5, 5.41) is 3.90. The van der Waals surface area contributed by atoms with Crippen LogP contribution in [-0.4, -0.2) is 20.2 Å². The Kier molecular flexibility index (Phi) is 7.71. The molecule has 3 rings (SSSR count). The third-order valence-electron chi connectivity index (χ3n) is 4.54. The molecule has 0 aromatic heterocycles. The van der Waals surface area contributed by atoms with Crippen molar-refractivity contribution in [3.63, 3.8) is 0 Å². The molecule has 0 heterocycles. The normalized spacial score (nSPS) is 11.8. The molecule has 3 aromatic carbocycles. The Labute approximate surface area is 172 Å². The minimum Gasteiger partial charge on any atom is -0.494 e. The molecule has 0 spiro atoms. The van der Waals surface area contributed by atoms with Crippen LogP contribution < -0.4 is 10.1 Å². The Bertz CT molecular complexity index is 873. The number of nitrogens with one attached hydrogen (secondary N) is 1. The highest BCUT2D eigenvalue weighted by Crippen LogP contribution is 2.35. The van der Waals surface area contributed by atoms with Crippen molar-refractivity contribution < 1.29 is 4.74 Å². The van der Waals surface area contributed by atoms with Gasteiger partial charge in [0.15, 0.2) is 0 Å². The van der Waals surface area contributed by atoms with Crippen molar-refractivity contribution in [2.75, 3.05) is 20.2 Å². The summed E-state index contributed by atoms with van der Waals surface area (Å²) in [7, 11) is 1.97. The lowest BCUT2D eigenvalue weighted by atomic mass is 9.95. The SMILES string of the molecule is CNCCCCOc1ccc(/C(=C(/Cl)c2ccccc2)c2ccccc2)cc1. The van der Waals surface area contributed by atoms with Crippen molar-refractivity contribution in [2.45, 2.75) is 12.8 Å². The van der Waals surface area contributed by atoms with Gasteiger partial charge in [-0.25, -0.2) is 0 Å². The van der Waals surface area contributed by atoms with Crippen LogP contribution >= 0.6 is 11.6 Å². The summed E-state index contributed by atoms with van der Waals surface area (Å²) in [6.45, 7) is 1.75. The maximum atomic E-state index is 6.86. The largest absolute Gasteiger partial charge is 0.494 e. The summed E-state index contributed by atoms with van der Waals surface area (Å²) in [6.07, 6.45) is 2.15. The molecule has 0 amide bonds. The van der Waals surface area contributed by atoms with E-state index in [1.807, 2.05) is 67.7 Å². The lowest BCUT2D eigenvalue weighted by Crippen LogP contribution is -2.09. The lowest BCUT2D eigenvalue weighted by molar-refractivity contribution is 0.306. The molecule has 28 heavy (non-hydrogen) atoms. The highest BCUT2D eigenvalue weighted by Gasteiger charge is 2.12. The maximum absolute atomic E-state index is 6.86. The van der Waals surface area contributed by atoms with Crippen LogP contribution in [0.1, 0.15) is 29.5 Å². The van der Waals surface area contributed by atoms with E-state index in [4.69, 9.17) is 16.3 Å². The van der Waals surface area contributed by atoms with Gasteiger partial charge < -0.3 is 10.1 Å². The lowest BCUT2D eigenvalue weighted by Gasteiger charge is -2.13. The average Bonchev–Trinajstić information content (AvgIpc) is 2.76. The zero-order chi connectivity index (χ0) is 19.6. The molecule has 0 bridgehead atoms. The predicted octanol–water partition coefficient (Wildman–Crippen LogP) is 6.22. The first kappa shape index (κ1) is 20.2. The first-order valence-corrected chi connectivity index (χ1v) is 10.1. The molecule has 0 radical (unpaired) electrons. The molecule has 0 atom stereocenters. The van der Waals surface area contributed by atoms with Gasteiger partial charge in [0, 0.05) is 5.57 Å². The number of hydrogen-bond acceptors (Lipinski definition) is 2. The number of unbranched alkanes of at least 4 members (excludes halogenated alkanes) is 1. The molecule has 0 aliphatic carbocycles. The average molecular weight is 392 g/mol. The highest BCUT2D eigenvalue weighted by atomic mass is 35.5. The van der Waals surface area contributed by atoms with E-state index in [-0.39, 0.29) is 0 Å². The van der Waals surface area contributed by atoms with E-state index in [0.717, 1.165) is 59.0 Å². The second-order valence-electron chi connectivity index (χ2n) is 6.60. The number of halogens is 1. The van der Waals surface area contributed by atoms with Crippen molar-refractivity contribution >= 4 is 22.2 Å². The number of hydrogen-bond donors (Lipinski definition) is 1. The molecule has 0 fully saturated rings. The Balaban J connectivity index is 1.85. The van der Waals surface area contributed by atoms with Gasteiger partial charge in [-0.15, -0.1) is 0 Å². The summed E-state index contributed by atoms with van der Waals surface area (Å²) in [6, 6.07) is 28.5. The van der Waals surface area contributed by atoms with E-state index >= 15 is 0 Å². The van der Waals surface area contributed by atoms with E-state index in [1.54, 1.807) is 0 Å². The molecule has 2 nitrogen and oxygen atoms in total. The number of rotatable bonds is 9. The van der Waals surface area contributed by atoms with Crippen molar-refractivity contribution in [1.29, 1.82) is 0 Å². The van der Waals surface area contributed by atoms with Gasteiger partial charge in [-0.2, -0.15) is 0 Å². The fourth-order valence-electron chi connectivity index (χ4n) is 3.07. The van der Waals surface area contributed by atoms with Gasteiger partial charge in [0.1, 0.15) is 5.75 Å². The van der Waals surface area contributed by atoms with E-state index in [2.05, 4.69) is 29.6 Å². The molecule has 0 unspecified atom stereocenters. The highest BCUT2D eigenvalue weighted by molar-refractivity contribution is 6.53. The van der Waals surface area contributed by atoms with Gasteiger partial charge in [0.05, 0.1) is 11.6 Å².